The van der Waals surface area contributed by atoms with Crippen LogP contribution in [-0.2, 0) is 16.6 Å². The van der Waals surface area contributed by atoms with Crippen molar-refractivity contribution in [1.29, 1.82) is 0 Å². The molecule has 3 rings (SSSR count). The molecule has 1 unspecified atom stereocenters. The highest BCUT2D eigenvalue weighted by molar-refractivity contribution is 6.00. The number of nitrogens with one attached hydrogen (secondary N) is 1. The molecule has 0 bridgehead atoms. The third-order valence-corrected chi connectivity index (χ3v) is 4.28. The highest BCUT2D eigenvalue weighted by Crippen LogP contribution is 2.33. The van der Waals surface area contributed by atoms with Crippen molar-refractivity contribution < 1.29 is 28.2 Å². The van der Waals surface area contributed by atoms with E-state index < -0.39 is 23.2 Å². The standard InChI is InChI=1S/C21H16F3NO3/c22-21(23,24)16-6-10-17(11-7-16)25-19(27)20(28,14-4-2-1-3-5-14)15-8-12-18(26)13-9-15/h1-13,26,28H,(H,25,27). The molecule has 28 heavy (non-hydrogen) atoms. The third kappa shape index (κ3) is 3.84. The maximum Gasteiger partial charge on any atom is 0.416 e. The van der Waals surface area contributed by atoms with Crippen LogP contribution < -0.4 is 5.32 Å². The van der Waals surface area contributed by atoms with E-state index in [1.807, 2.05) is 0 Å². The molecule has 0 saturated carbocycles. The SMILES string of the molecule is O=C(Nc1ccc(C(F)(F)F)cc1)C(O)(c1ccccc1)c1ccc(O)cc1. The van der Waals surface area contributed by atoms with Crippen molar-refractivity contribution in [3.05, 3.63) is 95.6 Å². The number of carbonyl (C=O) groups excluding carboxylic acids is 1. The lowest BCUT2D eigenvalue weighted by atomic mass is 9.85. The third-order valence-electron chi connectivity index (χ3n) is 4.28. The molecule has 4 nitrogen and oxygen atoms in total. The summed E-state index contributed by atoms with van der Waals surface area (Å²) in [5, 5.41) is 23.2. The number of alkyl halides is 3. The van der Waals surface area contributed by atoms with Crippen LogP contribution >= 0.6 is 0 Å². The van der Waals surface area contributed by atoms with Crippen molar-refractivity contribution in [2.45, 2.75) is 11.8 Å². The van der Waals surface area contributed by atoms with Gasteiger partial charge in [0.2, 0.25) is 0 Å². The van der Waals surface area contributed by atoms with Gasteiger partial charge in [0, 0.05) is 5.69 Å². The minimum Gasteiger partial charge on any atom is -0.508 e. The molecule has 0 spiro atoms. The number of aliphatic hydroxyl groups is 1. The fourth-order valence-corrected chi connectivity index (χ4v) is 2.77. The minimum atomic E-state index is -4.49. The van der Waals surface area contributed by atoms with Gasteiger partial charge in [0.25, 0.3) is 5.91 Å². The average Bonchev–Trinajstić information content (AvgIpc) is 2.68. The lowest BCUT2D eigenvalue weighted by Crippen LogP contribution is -2.41. The van der Waals surface area contributed by atoms with Crippen molar-refractivity contribution in [1.82, 2.24) is 0 Å². The van der Waals surface area contributed by atoms with Crippen LogP contribution in [-0.4, -0.2) is 16.1 Å². The second kappa shape index (κ2) is 7.36. The first-order valence-corrected chi connectivity index (χ1v) is 8.27. The van der Waals surface area contributed by atoms with Crippen LogP contribution in [0.4, 0.5) is 18.9 Å². The maximum atomic E-state index is 13.0. The molecule has 0 aliphatic rings. The zero-order valence-corrected chi connectivity index (χ0v) is 14.4. The summed E-state index contributed by atoms with van der Waals surface area (Å²) in [5.41, 5.74) is -2.39. The molecule has 144 valence electrons. The van der Waals surface area contributed by atoms with E-state index in [4.69, 9.17) is 0 Å². The van der Waals surface area contributed by atoms with E-state index in [1.54, 1.807) is 30.3 Å². The van der Waals surface area contributed by atoms with Gasteiger partial charge in [0.05, 0.1) is 5.56 Å². The van der Waals surface area contributed by atoms with Gasteiger partial charge in [-0.3, -0.25) is 4.79 Å². The van der Waals surface area contributed by atoms with Crippen LogP contribution in [0.25, 0.3) is 0 Å². The van der Waals surface area contributed by atoms with Gasteiger partial charge in [-0.15, -0.1) is 0 Å². The Bertz CT molecular complexity index is 955. The van der Waals surface area contributed by atoms with Crippen LogP contribution in [0.5, 0.6) is 5.75 Å². The number of anilines is 1. The van der Waals surface area contributed by atoms with Gasteiger partial charge < -0.3 is 15.5 Å². The number of phenols is 1. The topological polar surface area (TPSA) is 69.6 Å². The number of hydrogen-bond donors (Lipinski definition) is 3. The van der Waals surface area contributed by atoms with E-state index in [2.05, 4.69) is 5.32 Å². The molecule has 0 saturated heterocycles. The summed E-state index contributed by atoms with van der Waals surface area (Å²) >= 11 is 0. The number of aromatic hydroxyl groups is 1. The number of amides is 1. The van der Waals surface area contributed by atoms with E-state index in [-0.39, 0.29) is 22.6 Å². The van der Waals surface area contributed by atoms with Crippen LogP contribution in [0.1, 0.15) is 16.7 Å². The summed E-state index contributed by atoms with van der Waals surface area (Å²) in [4.78, 5) is 13.0. The van der Waals surface area contributed by atoms with Gasteiger partial charge in [-0.05, 0) is 47.5 Å². The van der Waals surface area contributed by atoms with E-state index in [0.717, 1.165) is 24.3 Å². The van der Waals surface area contributed by atoms with Gasteiger partial charge in [0.15, 0.2) is 5.60 Å². The Morgan fingerprint density at radius 2 is 1.25 bits per heavy atom. The molecule has 3 N–H and O–H groups in total. The Hall–Kier alpha value is -3.32. The van der Waals surface area contributed by atoms with Crippen molar-refractivity contribution >= 4 is 11.6 Å². The molecular formula is C21H16F3NO3. The molecule has 1 atom stereocenters. The molecule has 0 aliphatic heterocycles. The van der Waals surface area contributed by atoms with Crippen molar-refractivity contribution in [2.75, 3.05) is 5.32 Å². The van der Waals surface area contributed by atoms with Crippen LogP contribution in [0, 0.1) is 0 Å². The smallest absolute Gasteiger partial charge is 0.416 e. The van der Waals surface area contributed by atoms with Crippen molar-refractivity contribution in [3.63, 3.8) is 0 Å². The Labute approximate surface area is 158 Å². The van der Waals surface area contributed by atoms with Crippen molar-refractivity contribution in [2.24, 2.45) is 0 Å². The number of hydrogen-bond acceptors (Lipinski definition) is 3. The fraction of sp³-hybridized carbons (Fsp3) is 0.0952. The Balaban J connectivity index is 1.97. The summed E-state index contributed by atoms with van der Waals surface area (Å²) in [5.74, 6) is -0.883. The summed E-state index contributed by atoms with van der Waals surface area (Å²) in [6, 6.07) is 17.5. The second-order valence-electron chi connectivity index (χ2n) is 6.15. The number of benzene rings is 3. The largest absolute Gasteiger partial charge is 0.508 e. The second-order valence-corrected chi connectivity index (χ2v) is 6.15. The molecule has 3 aromatic carbocycles. The van der Waals surface area contributed by atoms with Gasteiger partial charge in [0.1, 0.15) is 5.75 Å². The lowest BCUT2D eigenvalue weighted by molar-refractivity contribution is -0.137. The molecule has 0 aromatic heterocycles. The lowest BCUT2D eigenvalue weighted by Gasteiger charge is -2.28. The first kappa shape index (κ1) is 19.4. The highest BCUT2D eigenvalue weighted by Gasteiger charge is 2.40. The predicted octanol–water partition coefficient (Wildman–Crippen LogP) is 4.29. The summed E-state index contributed by atoms with van der Waals surface area (Å²) in [6.07, 6.45) is -4.49. The molecule has 0 radical (unpaired) electrons. The minimum absolute atomic E-state index is 0.0395. The monoisotopic (exact) mass is 387 g/mol. The molecule has 0 heterocycles. The predicted molar refractivity (Wildman–Crippen MR) is 97.6 cm³/mol. The van der Waals surface area contributed by atoms with E-state index in [1.165, 1.54) is 24.3 Å². The summed E-state index contributed by atoms with van der Waals surface area (Å²) in [6.45, 7) is 0. The number of phenolic OH excluding ortho intramolecular Hbond substituents is 1. The van der Waals surface area contributed by atoms with Crippen LogP contribution in [0.15, 0.2) is 78.9 Å². The quantitative estimate of drug-likeness (QED) is 0.626. The van der Waals surface area contributed by atoms with Gasteiger partial charge in [-0.2, -0.15) is 13.2 Å². The Morgan fingerprint density at radius 3 is 1.79 bits per heavy atom. The fourth-order valence-electron chi connectivity index (χ4n) is 2.77. The first-order valence-electron chi connectivity index (χ1n) is 8.27. The van der Waals surface area contributed by atoms with Crippen LogP contribution in [0.2, 0.25) is 0 Å². The average molecular weight is 387 g/mol. The molecule has 0 aliphatic carbocycles. The Kier molecular flexibility index (Phi) is 5.11. The normalized spacial score (nSPS) is 13.6. The van der Waals surface area contributed by atoms with E-state index in [0.29, 0.717) is 0 Å². The van der Waals surface area contributed by atoms with Crippen LogP contribution in [0.3, 0.4) is 0 Å². The zero-order valence-electron chi connectivity index (χ0n) is 14.4. The van der Waals surface area contributed by atoms with E-state index >= 15 is 0 Å². The summed E-state index contributed by atoms with van der Waals surface area (Å²) < 4.78 is 38.1. The van der Waals surface area contributed by atoms with E-state index in [9.17, 15) is 28.2 Å². The van der Waals surface area contributed by atoms with Gasteiger partial charge in [-0.1, -0.05) is 42.5 Å². The van der Waals surface area contributed by atoms with Gasteiger partial charge in [-0.25, -0.2) is 0 Å². The maximum absolute atomic E-state index is 13.0. The number of carbonyl (C=O) groups is 1. The zero-order chi connectivity index (χ0) is 20.4. The first-order chi connectivity index (χ1) is 13.2. The Morgan fingerprint density at radius 1 is 0.750 bits per heavy atom. The van der Waals surface area contributed by atoms with Crippen molar-refractivity contribution in [3.8, 4) is 5.75 Å². The molecule has 7 heteroatoms. The molecule has 0 fully saturated rings. The summed E-state index contributed by atoms with van der Waals surface area (Å²) in [7, 11) is 0. The van der Waals surface area contributed by atoms with Gasteiger partial charge >= 0.3 is 6.18 Å². The number of rotatable bonds is 4. The number of halogens is 3. The molecule has 3 aromatic rings. The molecular weight excluding hydrogens is 371 g/mol. The molecule has 1 amide bonds. The highest BCUT2D eigenvalue weighted by atomic mass is 19.4.